The van der Waals surface area contributed by atoms with Crippen LogP contribution in [0.1, 0.15) is 25.0 Å². The highest BCUT2D eigenvalue weighted by molar-refractivity contribution is 7.92. The Morgan fingerprint density at radius 3 is 2.16 bits per heavy atom. The van der Waals surface area contributed by atoms with Gasteiger partial charge in [-0.05, 0) is 69.2 Å². The topological polar surface area (TPSA) is 96.0 Å². The lowest BCUT2D eigenvalue weighted by Gasteiger charge is -2.31. The molecule has 0 aliphatic heterocycles. The molecule has 202 valence electrons. The van der Waals surface area contributed by atoms with Crippen molar-refractivity contribution in [3.63, 3.8) is 0 Å². The standard InChI is InChI=1S/C29H35N3O5S/c1-5-37-26-15-13-25(14-16-26)32(38(35,36)27-17-11-22(2)12-18-27)21-28(33)31(23(3)29(34)30-4)20-19-24-9-7-6-8-10-24/h6-18,23H,5,19-21H2,1-4H3,(H,30,34)/t23-/m0/s1. The van der Waals surface area contributed by atoms with E-state index < -0.39 is 28.5 Å². The van der Waals surface area contributed by atoms with Crippen LogP contribution in [0.5, 0.6) is 5.75 Å². The predicted octanol–water partition coefficient (Wildman–Crippen LogP) is 3.79. The molecule has 9 heteroatoms. The summed E-state index contributed by atoms with van der Waals surface area (Å²) in [6, 6.07) is 21.9. The number of nitrogens with one attached hydrogen (secondary N) is 1. The monoisotopic (exact) mass is 537 g/mol. The molecule has 0 heterocycles. The number of hydrogen-bond acceptors (Lipinski definition) is 5. The van der Waals surface area contributed by atoms with Crippen molar-refractivity contribution in [1.82, 2.24) is 10.2 Å². The van der Waals surface area contributed by atoms with Gasteiger partial charge in [-0.2, -0.15) is 0 Å². The number of sulfonamides is 1. The Kier molecular flexibility index (Phi) is 9.90. The van der Waals surface area contributed by atoms with Crippen molar-refractivity contribution in [3.05, 3.63) is 90.0 Å². The molecular weight excluding hydrogens is 502 g/mol. The van der Waals surface area contributed by atoms with Gasteiger partial charge in [0.2, 0.25) is 11.8 Å². The first-order chi connectivity index (χ1) is 18.2. The predicted molar refractivity (Wildman–Crippen MR) is 149 cm³/mol. The number of hydrogen-bond donors (Lipinski definition) is 1. The molecule has 8 nitrogen and oxygen atoms in total. The Hall–Kier alpha value is -3.85. The molecule has 0 saturated heterocycles. The molecule has 0 aromatic heterocycles. The Labute approximate surface area is 225 Å². The van der Waals surface area contributed by atoms with Crippen molar-refractivity contribution < 1.29 is 22.7 Å². The van der Waals surface area contributed by atoms with Gasteiger partial charge in [0, 0.05) is 13.6 Å². The van der Waals surface area contributed by atoms with Crippen molar-refractivity contribution in [2.75, 3.05) is 31.0 Å². The molecule has 0 radical (unpaired) electrons. The van der Waals surface area contributed by atoms with Crippen LogP contribution in [0.3, 0.4) is 0 Å². The van der Waals surface area contributed by atoms with E-state index in [4.69, 9.17) is 4.74 Å². The number of carbonyl (C=O) groups is 2. The minimum atomic E-state index is -4.10. The van der Waals surface area contributed by atoms with E-state index in [1.165, 1.54) is 24.1 Å². The zero-order chi connectivity index (χ0) is 27.7. The highest BCUT2D eigenvalue weighted by Gasteiger charge is 2.32. The van der Waals surface area contributed by atoms with E-state index in [9.17, 15) is 18.0 Å². The number of ether oxygens (including phenoxy) is 1. The van der Waals surface area contributed by atoms with Gasteiger partial charge in [-0.15, -0.1) is 0 Å². The SMILES string of the molecule is CCOc1ccc(N(CC(=O)N(CCc2ccccc2)[C@@H](C)C(=O)NC)S(=O)(=O)c2ccc(C)cc2)cc1. The Bertz CT molecular complexity index is 1310. The molecule has 1 N–H and O–H groups in total. The van der Waals surface area contributed by atoms with Crippen molar-refractivity contribution in [1.29, 1.82) is 0 Å². The number of aryl methyl sites for hydroxylation is 1. The highest BCUT2D eigenvalue weighted by atomic mass is 32.2. The molecule has 0 fully saturated rings. The van der Waals surface area contributed by atoms with Crippen LogP contribution in [0, 0.1) is 6.92 Å². The largest absolute Gasteiger partial charge is 0.494 e. The molecule has 3 rings (SSSR count). The van der Waals surface area contributed by atoms with E-state index >= 15 is 0 Å². The molecule has 0 aliphatic carbocycles. The first-order valence-corrected chi connectivity index (χ1v) is 14.0. The molecule has 0 unspecified atom stereocenters. The van der Waals surface area contributed by atoms with Gasteiger partial charge in [0.05, 0.1) is 17.2 Å². The maximum atomic E-state index is 13.8. The third-order valence-corrected chi connectivity index (χ3v) is 8.01. The number of rotatable bonds is 12. The summed E-state index contributed by atoms with van der Waals surface area (Å²) in [4.78, 5) is 27.7. The van der Waals surface area contributed by atoms with Gasteiger partial charge >= 0.3 is 0 Å². The van der Waals surface area contributed by atoms with Crippen LogP contribution in [0.15, 0.2) is 83.8 Å². The molecule has 1 atom stereocenters. The fourth-order valence-corrected chi connectivity index (χ4v) is 5.43. The summed E-state index contributed by atoms with van der Waals surface area (Å²) in [6.45, 7) is 5.61. The van der Waals surface area contributed by atoms with Gasteiger partial charge in [0.1, 0.15) is 18.3 Å². The minimum absolute atomic E-state index is 0.0694. The molecule has 0 spiro atoms. The molecule has 3 aromatic carbocycles. The number of anilines is 1. The number of carbonyl (C=O) groups excluding carboxylic acids is 2. The van der Waals surface area contributed by atoms with E-state index in [0.717, 1.165) is 15.4 Å². The van der Waals surface area contributed by atoms with Crippen molar-refractivity contribution in [3.8, 4) is 5.75 Å². The summed E-state index contributed by atoms with van der Waals surface area (Å²) in [5, 5.41) is 2.58. The Morgan fingerprint density at radius 1 is 0.947 bits per heavy atom. The molecular formula is C29H35N3O5S. The van der Waals surface area contributed by atoms with Crippen molar-refractivity contribution in [2.45, 2.75) is 38.1 Å². The van der Waals surface area contributed by atoms with Gasteiger partial charge < -0.3 is 15.0 Å². The third-order valence-electron chi connectivity index (χ3n) is 6.22. The van der Waals surface area contributed by atoms with E-state index in [2.05, 4.69) is 5.32 Å². The van der Waals surface area contributed by atoms with Crippen LogP contribution < -0.4 is 14.4 Å². The van der Waals surface area contributed by atoms with E-state index in [-0.39, 0.29) is 17.3 Å². The van der Waals surface area contributed by atoms with E-state index in [0.29, 0.717) is 24.5 Å². The smallest absolute Gasteiger partial charge is 0.264 e. The van der Waals surface area contributed by atoms with Gasteiger partial charge in [-0.25, -0.2) is 8.42 Å². The number of benzene rings is 3. The average molecular weight is 538 g/mol. The molecule has 38 heavy (non-hydrogen) atoms. The lowest BCUT2D eigenvalue weighted by Crippen LogP contribution is -2.51. The van der Waals surface area contributed by atoms with Crippen molar-refractivity contribution >= 4 is 27.5 Å². The van der Waals surface area contributed by atoms with Gasteiger partial charge in [-0.3, -0.25) is 13.9 Å². The Balaban J connectivity index is 1.97. The van der Waals surface area contributed by atoms with Crippen LogP contribution in [0.4, 0.5) is 5.69 Å². The summed E-state index contributed by atoms with van der Waals surface area (Å²) >= 11 is 0. The maximum absolute atomic E-state index is 13.8. The molecule has 2 amide bonds. The maximum Gasteiger partial charge on any atom is 0.264 e. The van der Waals surface area contributed by atoms with Gasteiger partial charge in [0.25, 0.3) is 10.0 Å². The first-order valence-electron chi connectivity index (χ1n) is 12.5. The molecule has 0 saturated carbocycles. The summed E-state index contributed by atoms with van der Waals surface area (Å²) in [5.74, 6) is -0.227. The van der Waals surface area contributed by atoms with Gasteiger partial charge in [0.15, 0.2) is 0 Å². The second kappa shape index (κ2) is 13.1. The van der Waals surface area contributed by atoms with Crippen LogP contribution in [0.2, 0.25) is 0 Å². The van der Waals surface area contributed by atoms with E-state index in [1.807, 2.05) is 44.2 Å². The van der Waals surface area contributed by atoms with Crippen LogP contribution in [-0.2, 0) is 26.0 Å². The van der Waals surface area contributed by atoms with Crippen LogP contribution >= 0.6 is 0 Å². The van der Waals surface area contributed by atoms with E-state index in [1.54, 1.807) is 43.3 Å². The summed E-state index contributed by atoms with van der Waals surface area (Å²) < 4.78 is 34.2. The lowest BCUT2D eigenvalue weighted by atomic mass is 10.1. The second-order valence-electron chi connectivity index (χ2n) is 8.86. The minimum Gasteiger partial charge on any atom is -0.494 e. The fourth-order valence-electron chi connectivity index (χ4n) is 4.02. The number of amides is 2. The molecule has 3 aromatic rings. The second-order valence-corrected chi connectivity index (χ2v) is 10.7. The zero-order valence-electron chi connectivity index (χ0n) is 22.3. The quantitative estimate of drug-likeness (QED) is 0.379. The highest BCUT2D eigenvalue weighted by Crippen LogP contribution is 2.26. The summed E-state index contributed by atoms with van der Waals surface area (Å²) in [6.07, 6.45) is 0.516. The lowest BCUT2D eigenvalue weighted by molar-refractivity contribution is -0.138. The number of nitrogens with zero attached hydrogens (tertiary/aromatic N) is 2. The zero-order valence-corrected chi connectivity index (χ0v) is 23.1. The summed E-state index contributed by atoms with van der Waals surface area (Å²) in [5.41, 5.74) is 2.24. The first kappa shape index (κ1) is 28.7. The van der Waals surface area contributed by atoms with Crippen LogP contribution in [-0.4, -0.2) is 57.9 Å². The normalized spacial score (nSPS) is 11.9. The van der Waals surface area contributed by atoms with Crippen LogP contribution in [0.25, 0.3) is 0 Å². The Morgan fingerprint density at radius 2 is 1.58 bits per heavy atom. The fraction of sp³-hybridized carbons (Fsp3) is 0.310. The summed E-state index contributed by atoms with van der Waals surface area (Å²) in [7, 11) is -2.59. The molecule has 0 aliphatic rings. The third kappa shape index (κ3) is 7.13. The van der Waals surface area contributed by atoms with Crippen molar-refractivity contribution in [2.24, 2.45) is 0 Å². The average Bonchev–Trinajstić information content (AvgIpc) is 2.92. The number of likely N-dealkylation sites (N-methyl/N-ethyl adjacent to an activating group) is 1. The molecule has 0 bridgehead atoms. The van der Waals surface area contributed by atoms with Gasteiger partial charge in [-0.1, -0.05) is 48.0 Å².